The fraction of sp³-hybridized carbons (Fsp3) is 0.929. The van der Waals surface area contributed by atoms with Gasteiger partial charge in [-0.3, -0.25) is 4.79 Å². The number of carbonyl (C=O) groups is 1. The number of carbonyl (C=O) groups excluding carboxylic acids is 1. The van der Waals surface area contributed by atoms with Gasteiger partial charge in [0.2, 0.25) is 5.91 Å². The third-order valence-electron chi connectivity index (χ3n) is 4.43. The summed E-state index contributed by atoms with van der Waals surface area (Å²) in [5.74, 6) is 0.901. The SMILES string of the molecule is O=C(NC1CCOC1C1CC1)C1CCCCCN1. The maximum atomic E-state index is 12.3. The lowest BCUT2D eigenvalue weighted by molar-refractivity contribution is -0.124. The minimum atomic E-state index is 0.0213. The van der Waals surface area contributed by atoms with E-state index in [1.807, 2.05) is 0 Å². The average Bonchev–Trinajstić information content (AvgIpc) is 3.16. The Labute approximate surface area is 109 Å². The number of hydrogen-bond donors (Lipinski definition) is 2. The lowest BCUT2D eigenvalue weighted by Crippen LogP contribution is -2.50. The van der Waals surface area contributed by atoms with Crippen LogP contribution in [0.5, 0.6) is 0 Å². The highest BCUT2D eigenvalue weighted by Gasteiger charge is 2.41. The maximum Gasteiger partial charge on any atom is 0.237 e. The fourth-order valence-electron chi connectivity index (χ4n) is 3.19. The van der Waals surface area contributed by atoms with Crippen LogP contribution in [0.2, 0.25) is 0 Å². The van der Waals surface area contributed by atoms with Gasteiger partial charge in [0.25, 0.3) is 0 Å². The Morgan fingerprint density at radius 2 is 2.00 bits per heavy atom. The largest absolute Gasteiger partial charge is 0.376 e. The maximum absolute atomic E-state index is 12.3. The fourth-order valence-corrected chi connectivity index (χ4v) is 3.19. The number of hydrogen-bond acceptors (Lipinski definition) is 3. The summed E-state index contributed by atoms with van der Waals surface area (Å²) >= 11 is 0. The van der Waals surface area contributed by atoms with Crippen LogP contribution in [-0.4, -0.2) is 37.2 Å². The van der Waals surface area contributed by atoms with Crippen molar-refractivity contribution in [2.24, 2.45) is 5.92 Å². The van der Waals surface area contributed by atoms with Crippen molar-refractivity contribution < 1.29 is 9.53 Å². The Bertz CT molecular complexity index is 296. The molecule has 4 heteroatoms. The quantitative estimate of drug-likeness (QED) is 0.793. The van der Waals surface area contributed by atoms with E-state index in [1.165, 1.54) is 25.7 Å². The van der Waals surface area contributed by atoms with Gasteiger partial charge >= 0.3 is 0 Å². The highest BCUT2D eigenvalue weighted by Crippen LogP contribution is 2.38. The summed E-state index contributed by atoms with van der Waals surface area (Å²) in [7, 11) is 0. The molecule has 3 unspecified atom stereocenters. The van der Waals surface area contributed by atoms with E-state index in [2.05, 4.69) is 10.6 Å². The van der Waals surface area contributed by atoms with Crippen LogP contribution in [0.4, 0.5) is 0 Å². The molecule has 1 aliphatic carbocycles. The second kappa shape index (κ2) is 5.57. The molecule has 1 saturated carbocycles. The van der Waals surface area contributed by atoms with Crippen LogP contribution in [0.25, 0.3) is 0 Å². The normalized spacial score (nSPS) is 37.2. The van der Waals surface area contributed by atoms with E-state index in [-0.39, 0.29) is 18.0 Å². The molecular formula is C14H24N2O2. The molecule has 2 aliphatic heterocycles. The van der Waals surface area contributed by atoms with Gasteiger partial charge in [-0.1, -0.05) is 12.8 Å². The van der Waals surface area contributed by atoms with Gasteiger partial charge in [-0.15, -0.1) is 0 Å². The predicted molar refractivity (Wildman–Crippen MR) is 69.3 cm³/mol. The van der Waals surface area contributed by atoms with E-state index in [9.17, 15) is 4.79 Å². The molecule has 0 radical (unpaired) electrons. The highest BCUT2D eigenvalue weighted by molar-refractivity contribution is 5.82. The van der Waals surface area contributed by atoms with Gasteiger partial charge in [0.1, 0.15) is 0 Å². The van der Waals surface area contributed by atoms with Crippen LogP contribution in [0.1, 0.15) is 44.9 Å². The Morgan fingerprint density at radius 3 is 2.83 bits per heavy atom. The van der Waals surface area contributed by atoms with Crippen molar-refractivity contribution >= 4 is 5.91 Å². The van der Waals surface area contributed by atoms with Crippen molar-refractivity contribution in [2.75, 3.05) is 13.2 Å². The van der Waals surface area contributed by atoms with E-state index in [4.69, 9.17) is 4.74 Å². The molecule has 0 aromatic carbocycles. The van der Waals surface area contributed by atoms with Crippen LogP contribution in [-0.2, 0) is 9.53 Å². The monoisotopic (exact) mass is 252 g/mol. The van der Waals surface area contributed by atoms with Gasteiger partial charge in [-0.05, 0) is 44.6 Å². The van der Waals surface area contributed by atoms with Crippen molar-refractivity contribution in [3.8, 4) is 0 Å². The summed E-state index contributed by atoms with van der Waals surface area (Å²) in [5, 5.41) is 6.58. The Kier molecular flexibility index (Phi) is 3.85. The smallest absolute Gasteiger partial charge is 0.237 e. The standard InChI is InChI=1S/C14H24N2O2/c17-14(12-4-2-1-3-8-15-12)16-11-7-9-18-13(11)10-5-6-10/h10-13,15H,1-9H2,(H,16,17). The van der Waals surface area contributed by atoms with Crippen LogP contribution in [0.15, 0.2) is 0 Å². The summed E-state index contributed by atoms with van der Waals surface area (Å²) < 4.78 is 5.77. The molecule has 3 fully saturated rings. The van der Waals surface area contributed by atoms with Gasteiger partial charge in [-0.25, -0.2) is 0 Å². The Hall–Kier alpha value is -0.610. The lowest BCUT2D eigenvalue weighted by atomic mass is 10.0. The second-order valence-electron chi connectivity index (χ2n) is 5.93. The zero-order chi connectivity index (χ0) is 12.4. The molecule has 2 heterocycles. The minimum Gasteiger partial charge on any atom is -0.376 e. The summed E-state index contributed by atoms with van der Waals surface area (Å²) in [4.78, 5) is 12.3. The van der Waals surface area contributed by atoms with E-state index >= 15 is 0 Å². The Morgan fingerprint density at radius 1 is 1.11 bits per heavy atom. The molecule has 3 atom stereocenters. The molecule has 18 heavy (non-hydrogen) atoms. The van der Waals surface area contributed by atoms with Gasteiger partial charge in [0.15, 0.2) is 0 Å². The summed E-state index contributed by atoms with van der Waals surface area (Å²) in [6.07, 6.45) is 8.41. The lowest BCUT2D eigenvalue weighted by Gasteiger charge is -2.23. The minimum absolute atomic E-state index is 0.0213. The third-order valence-corrected chi connectivity index (χ3v) is 4.43. The molecule has 4 nitrogen and oxygen atoms in total. The molecule has 0 spiro atoms. The van der Waals surface area contributed by atoms with Crippen molar-refractivity contribution in [3.63, 3.8) is 0 Å². The molecule has 0 bridgehead atoms. The van der Waals surface area contributed by atoms with E-state index < -0.39 is 0 Å². The summed E-state index contributed by atoms with van der Waals surface area (Å²) in [6.45, 7) is 1.79. The first-order valence-corrected chi connectivity index (χ1v) is 7.50. The molecule has 1 amide bonds. The molecule has 0 aromatic rings. The number of nitrogens with one attached hydrogen (secondary N) is 2. The van der Waals surface area contributed by atoms with Crippen molar-refractivity contribution in [1.29, 1.82) is 0 Å². The summed E-state index contributed by atoms with van der Waals surface area (Å²) in [5.41, 5.74) is 0. The molecule has 102 valence electrons. The van der Waals surface area contributed by atoms with Crippen LogP contribution < -0.4 is 10.6 Å². The first-order chi connectivity index (χ1) is 8.84. The molecule has 3 aliphatic rings. The van der Waals surface area contributed by atoms with Gasteiger partial charge < -0.3 is 15.4 Å². The van der Waals surface area contributed by atoms with Gasteiger partial charge in [-0.2, -0.15) is 0 Å². The first kappa shape index (κ1) is 12.4. The van der Waals surface area contributed by atoms with E-state index in [0.29, 0.717) is 12.0 Å². The molecule has 2 N–H and O–H groups in total. The molecule has 0 aromatic heterocycles. The number of amides is 1. The second-order valence-corrected chi connectivity index (χ2v) is 5.93. The predicted octanol–water partition coefficient (Wildman–Crippen LogP) is 1.20. The van der Waals surface area contributed by atoms with Crippen LogP contribution in [0.3, 0.4) is 0 Å². The molecule has 2 saturated heterocycles. The Balaban J connectivity index is 1.52. The summed E-state index contributed by atoms with van der Waals surface area (Å²) in [6, 6.07) is 0.281. The van der Waals surface area contributed by atoms with Crippen LogP contribution in [0, 0.1) is 5.92 Å². The molecular weight excluding hydrogens is 228 g/mol. The van der Waals surface area contributed by atoms with Crippen molar-refractivity contribution in [2.45, 2.75) is 63.1 Å². The number of ether oxygens (including phenoxy) is 1. The average molecular weight is 252 g/mol. The third kappa shape index (κ3) is 2.86. The topological polar surface area (TPSA) is 50.4 Å². The number of rotatable bonds is 3. The van der Waals surface area contributed by atoms with Crippen LogP contribution >= 0.6 is 0 Å². The molecule has 3 rings (SSSR count). The highest BCUT2D eigenvalue weighted by atomic mass is 16.5. The van der Waals surface area contributed by atoms with Gasteiger partial charge in [0.05, 0.1) is 18.2 Å². The first-order valence-electron chi connectivity index (χ1n) is 7.50. The van der Waals surface area contributed by atoms with E-state index in [1.54, 1.807) is 0 Å². The van der Waals surface area contributed by atoms with Gasteiger partial charge in [0, 0.05) is 6.61 Å². The zero-order valence-electron chi connectivity index (χ0n) is 11.0. The van der Waals surface area contributed by atoms with Crippen molar-refractivity contribution in [1.82, 2.24) is 10.6 Å². The van der Waals surface area contributed by atoms with Crippen molar-refractivity contribution in [3.05, 3.63) is 0 Å². The van der Waals surface area contributed by atoms with E-state index in [0.717, 1.165) is 32.4 Å². The zero-order valence-corrected chi connectivity index (χ0v) is 11.0.